The van der Waals surface area contributed by atoms with Crippen LogP contribution >= 0.6 is 23.8 Å². The molecule has 2 saturated heterocycles. The quantitative estimate of drug-likeness (QED) is 0.552. The molecule has 2 aromatic heterocycles. The van der Waals surface area contributed by atoms with Crippen molar-refractivity contribution in [2.75, 3.05) is 13.2 Å². The van der Waals surface area contributed by atoms with Crippen molar-refractivity contribution in [1.82, 2.24) is 19.8 Å². The van der Waals surface area contributed by atoms with E-state index in [1.54, 1.807) is 0 Å². The second-order valence-corrected chi connectivity index (χ2v) is 8.94. The van der Waals surface area contributed by atoms with Crippen LogP contribution in [-0.2, 0) is 4.74 Å². The van der Waals surface area contributed by atoms with Gasteiger partial charge in [0.2, 0.25) is 0 Å². The molecule has 0 bridgehead atoms. The van der Waals surface area contributed by atoms with Gasteiger partial charge >= 0.3 is 0 Å². The summed E-state index contributed by atoms with van der Waals surface area (Å²) in [6, 6.07) is 16.4. The Labute approximate surface area is 193 Å². The molecule has 1 aromatic carbocycles. The van der Waals surface area contributed by atoms with Gasteiger partial charge in [-0.15, -0.1) is 0 Å². The van der Waals surface area contributed by atoms with Gasteiger partial charge in [-0.05, 0) is 80.0 Å². The third-order valence-corrected chi connectivity index (χ3v) is 6.90. The van der Waals surface area contributed by atoms with Crippen molar-refractivity contribution >= 4 is 28.9 Å². The van der Waals surface area contributed by atoms with Gasteiger partial charge in [0.1, 0.15) is 0 Å². The molecular weight excluding hydrogens is 428 g/mol. The first kappa shape index (κ1) is 20.5. The van der Waals surface area contributed by atoms with Crippen molar-refractivity contribution in [3.63, 3.8) is 0 Å². The predicted octanol–water partition coefficient (Wildman–Crippen LogP) is 4.99. The van der Waals surface area contributed by atoms with E-state index in [4.69, 9.17) is 28.6 Å². The van der Waals surface area contributed by atoms with Crippen LogP contribution in [0.5, 0.6) is 0 Å². The summed E-state index contributed by atoms with van der Waals surface area (Å²) in [7, 11) is 0. The van der Waals surface area contributed by atoms with Gasteiger partial charge in [0.15, 0.2) is 5.11 Å². The Balaban J connectivity index is 1.57. The Morgan fingerprint density at radius 3 is 2.87 bits per heavy atom. The van der Waals surface area contributed by atoms with Gasteiger partial charge in [0.05, 0.1) is 23.9 Å². The molecule has 1 N–H and O–H groups in total. The number of aryl methyl sites for hydroxylation is 1. The van der Waals surface area contributed by atoms with Crippen LogP contribution < -0.4 is 5.32 Å². The van der Waals surface area contributed by atoms with Crippen molar-refractivity contribution in [3.8, 4) is 5.69 Å². The molecule has 2 aliphatic heterocycles. The highest BCUT2D eigenvalue weighted by Crippen LogP contribution is 2.40. The summed E-state index contributed by atoms with van der Waals surface area (Å²) in [6.45, 7) is 3.62. The number of halogens is 1. The van der Waals surface area contributed by atoms with Crippen LogP contribution in [0.2, 0.25) is 5.02 Å². The van der Waals surface area contributed by atoms with Crippen LogP contribution in [0.4, 0.5) is 0 Å². The molecule has 0 spiro atoms. The minimum Gasteiger partial charge on any atom is -0.376 e. The van der Waals surface area contributed by atoms with Crippen molar-refractivity contribution in [2.24, 2.45) is 0 Å². The SMILES string of the molecule is Cc1cc(-n2cccc2[C@@H]2[C@H](c3ccccn3)NC(=S)N2C[C@@H]2CCCO2)ccc1Cl. The van der Waals surface area contributed by atoms with Crippen molar-refractivity contribution < 1.29 is 4.74 Å². The minimum atomic E-state index is -0.0443. The second kappa shape index (κ2) is 8.61. The molecule has 5 rings (SSSR count). The van der Waals surface area contributed by atoms with E-state index in [-0.39, 0.29) is 18.2 Å². The standard InChI is InChI=1S/C24H25ClN4OS/c1-16-14-17(9-10-19(16)25)28-12-4-8-21(28)23-22(20-7-2-3-11-26-20)27-24(31)29(23)15-18-6-5-13-30-18/h2-4,7-12,14,18,22-23H,5-6,13,15H2,1H3,(H,27,31)/t18-,22-,23+/m0/s1. The number of benzene rings is 1. The number of pyridine rings is 1. The van der Waals surface area contributed by atoms with Crippen molar-refractivity contribution in [1.29, 1.82) is 0 Å². The molecule has 0 radical (unpaired) electrons. The monoisotopic (exact) mass is 452 g/mol. The Kier molecular flexibility index (Phi) is 5.69. The fourth-order valence-corrected chi connectivity index (χ4v) is 5.01. The topological polar surface area (TPSA) is 42.3 Å². The lowest BCUT2D eigenvalue weighted by Gasteiger charge is -2.30. The molecule has 3 atom stereocenters. The maximum atomic E-state index is 6.28. The number of nitrogens with zero attached hydrogens (tertiary/aromatic N) is 3. The summed E-state index contributed by atoms with van der Waals surface area (Å²) in [4.78, 5) is 6.92. The first-order chi connectivity index (χ1) is 15.1. The average molecular weight is 453 g/mol. The summed E-state index contributed by atoms with van der Waals surface area (Å²) >= 11 is 12.1. The fraction of sp³-hybridized carbons (Fsp3) is 0.333. The number of thiocarbonyl (C=S) groups is 1. The third-order valence-electron chi connectivity index (χ3n) is 6.13. The molecule has 0 saturated carbocycles. The Morgan fingerprint density at radius 2 is 2.13 bits per heavy atom. The highest BCUT2D eigenvalue weighted by molar-refractivity contribution is 7.80. The molecule has 2 fully saturated rings. The first-order valence-electron chi connectivity index (χ1n) is 10.7. The van der Waals surface area contributed by atoms with Gasteiger partial charge in [-0.3, -0.25) is 4.98 Å². The molecule has 3 aromatic rings. The van der Waals surface area contributed by atoms with Crippen LogP contribution in [0.25, 0.3) is 5.69 Å². The summed E-state index contributed by atoms with van der Waals surface area (Å²) < 4.78 is 8.17. The number of nitrogens with one attached hydrogen (secondary N) is 1. The minimum absolute atomic E-state index is 0.00224. The van der Waals surface area contributed by atoms with Gasteiger partial charge in [0, 0.05) is 41.9 Å². The lowest BCUT2D eigenvalue weighted by Crippen LogP contribution is -2.36. The molecule has 31 heavy (non-hydrogen) atoms. The smallest absolute Gasteiger partial charge is 0.170 e. The van der Waals surface area contributed by atoms with Gasteiger partial charge in [-0.2, -0.15) is 0 Å². The molecule has 4 heterocycles. The number of hydrogen-bond donors (Lipinski definition) is 1. The average Bonchev–Trinajstić information content (AvgIpc) is 3.52. The molecule has 0 unspecified atom stereocenters. The molecule has 7 heteroatoms. The summed E-state index contributed by atoms with van der Waals surface area (Å²) in [5.74, 6) is 0. The van der Waals surface area contributed by atoms with E-state index >= 15 is 0 Å². The molecule has 0 amide bonds. The predicted molar refractivity (Wildman–Crippen MR) is 127 cm³/mol. The van der Waals surface area contributed by atoms with Crippen LogP contribution in [0.15, 0.2) is 60.9 Å². The highest BCUT2D eigenvalue weighted by atomic mass is 35.5. The zero-order valence-corrected chi connectivity index (χ0v) is 18.9. The second-order valence-electron chi connectivity index (χ2n) is 8.15. The van der Waals surface area contributed by atoms with E-state index in [9.17, 15) is 0 Å². The summed E-state index contributed by atoms with van der Waals surface area (Å²) in [5, 5.41) is 5.05. The molecule has 5 nitrogen and oxygen atoms in total. The van der Waals surface area contributed by atoms with Gasteiger partial charge in [-0.25, -0.2) is 0 Å². The van der Waals surface area contributed by atoms with E-state index in [1.165, 1.54) is 0 Å². The van der Waals surface area contributed by atoms with E-state index < -0.39 is 0 Å². The maximum Gasteiger partial charge on any atom is 0.170 e. The highest BCUT2D eigenvalue weighted by Gasteiger charge is 2.42. The van der Waals surface area contributed by atoms with Crippen molar-refractivity contribution in [3.05, 3.63) is 82.9 Å². The normalized spacial score (nSPS) is 23.4. The summed E-state index contributed by atoms with van der Waals surface area (Å²) in [5.41, 5.74) is 4.26. The van der Waals surface area contributed by atoms with Crippen molar-refractivity contribution in [2.45, 2.75) is 38.0 Å². The molecule has 160 valence electrons. The van der Waals surface area contributed by atoms with Gasteiger partial charge < -0.3 is 19.5 Å². The lowest BCUT2D eigenvalue weighted by atomic mass is 10.0. The van der Waals surface area contributed by atoms with Crippen LogP contribution in [-0.4, -0.2) is 38.8 Å². The first-order valence-corrected chi connectivity index (χ1v) is 11.4. The molecule has 0 aliphatic carbocycles. The molecule has 2 aliphatic rings. The Hall–Kier alpha value is -2.41. The largest absolute Gasteiger partial charge is 0.376 e. The number of aromatic nitrogens is 2. The third kappa shape index (κ3) is 3.95. The fourth-order valence-electron chi connectivity index (χ4n) is 4.58. The number of rotatable bonds is 5. The van der Waals surface area contributed by atoms with E-state index in [0.717, 1.165) is 58.8 Å². The van der Waals surface area contributed by atoms with E-state index in [0.29, 0.717) is 0 Å². The van der Waals surface area contributed by atoms with E-state index in [1.807, 2.05) is 31.3 Å². The zero-order chi connectivity index (χ0) is 21.4. The van der Waals surface area contributed by atoms with Crippen LogP contribution in [0.3, 0.4) is 0 Å². The van der Waals surface area contributed by atoms with Crippen LogP contribution in [0.1, 0.15) is 41.9 Å². The Bertz CT molecular complexity index is 1080. The van der Waals surface area contributed by atoms with E-state index in [2.05, 4.69) is 56.3 Å². The number of hydrogen-bond acceptors (Lipinski definition) is 3. The van der Waals surface area contributed by atoms with Gasteiger partial charge in [-0.1, -0.05) is 17.7 Å². The van der Waals surface area contributed by atoms with Gasteiger partial charge in [0.25, 0.3) is 0 Å². The zero-order valence-electron chi connectivity index (χ0n) is 17.4. The lowest BCUT2D eigenvalue weighted by molar-refractivity contribution is 0.0836. The summed E-state index contributed by atoms with van der Waals surface area (Å²) in [6.07, 6.45) is 6.30. The maximum absolute atomic E-state index is 6.28. The Morgan fingerprint density at radius 1 is 1.23 bits per heavy atom. The number of ether oxygens (including phenoxy) is 1. The molecular formula is C24H25ClN4OS. The van der Waals surface area contributed by atoms with Crippen LogP contribution in [0, 0.1) is 6.92 Å².